The Morgan fingerprint density at radius 3 is 2.77 bits per heavy atom. The molecular weight excluding hydrogens is 426 g/mol. The molecule has 0 saturated carbocycles. The summed E-state index contributed by atoms with van der Waals surface area (Å²) >= 11 is 3.05. The fourth-order valence-corrected chi connectivity index (χ4v) is 5.01. The average Bonchev–Trinajstić information content (AvgIpc) is 3.36. The predicted molar refractivity (Wildman–Crippen MR) is 129 cm³/mol. The van der Waals surface area contributed by atoms with Crippen LogP contribution in [0.2, 0.25) is 0 Å². The molecule has 4 aromatic rings. The van der Waals surface area contributed by atoms with Gasteiger partial charge in [-0.2, -0.15) is 0 Å². The number of thiazole rings is 1. The number of rotatable bonds is 8. The van der Waals surface area contributed by atoms with Gasteiger partial charge in [0.1, 0.15) is 10.8 Å². The van der Waals surface area contributed by atoms with Crippen LogP contribution in [0, 0.1) is 6.92 Å². The number of benzene rings is 2. The first kappa shape index (κ1) is 21.3. The lowest BCUT2D eigenvalue weighted by atomic mass is 10.2. The number of aryl methyl sites for hydroxylation is 2. The summed E-state index contributed by atoms with van der Waals surface area (Å²) in [7, 11) is 0. The summed E-state index contributed by atoms with van der Waals surface area (Å²) in [6.07, 6.45) is 2.59. The molecule has 8 heteroatoms. The van der Waals surface area contributed by atoms with Crippen molar-refractivity contribution in [1.29, 1.82) is 0 Å². The first-order valence-electron chi connectivity index (χ1n) is 10.0. The number of thioether (sulfide) groups is 1. The van der Waals surface area contributed by atoms with E-state index in [1.165, 1.54) is 22.0 Å². The Morgan fingerprint density at radius 1 is 1.23 bits per heavy atom. The van der Waals surface area contributed by atoms with Crippen molar-refractivity contribution in [3.05, 3.63) is 66.5 Å². The normalized spacial score (nSPS) is 11.0. The molecule has 2 aromatic heterocycles. The van der Waals surface area contributed by atoms with Gasteiger partial charge in [0.25, 0.3) is 0 Å². The molecule has 1 amide bonds. The molecule has 6 nitrogen and oxygen atoms in total. The topological polar surface area (TPSA) is 72.7 Å². The zero-order chi connectivity index (χ0) is 21.8. The van der Waals surface area contributed by atoms with Crippen molar-refractivity contribution in [2.24, 2.45) is 0 Å². The second-order valence-electron chi connectivity index (χ2n) is 7.06. The number of anilines is 1. The van der Waals surface area contributed by atoms with Crippen molar-refractivity contribution in [3.63, 3.8) is 0 Å². The van der Waals surface area contributed by atoms with E-state index in [0.717, 1.165) is 39.2 Å². The molecule has 2 heterocycles. The third-order valence-electron chi connectivity index (χ3n) is 4.71. The minimum atomic E-state index is -0.0839. The zero-order valence-corrected chi connectivity index (χ0v) is 19.1. The van der Waals surface area contributed by atoms with E-state index in [-0.39, 0.29) is 11.7 Å². The maximum atomic E-state index is 12.4. The molecule has 0 bridgehead atoms. The van der Waals surface area contributed by atoms with E-state index in [9.17, 15) is 4.79 Å². The molecule has 158 valence electrons. The lowest BCUT2D eigenvalue weighted by molar-refractivity contribution is -0.113. The summed E-state index contributed by atoms with van der Waals surface area (Å²) < 4.78 is 3.17. The maximum absolute atomic E-state index is 12.4. The number of amides is 1. The van der Waals surface area contributed by atoms with Crippen molar-refractivity contribution >= 4 is 44.9 Å². The van der Waals surface area contributed by atoms with Crippen LogP contribution < -0.4 is 5.32 Å². The van der Waals surface area contributed by atoms with Gasteiger partial charge in [0.2, 0.25) is 5.91 Å². The van der Waals surface area contributed by atoms with E-state index < -0.39 is 0 Å². The molecule has 0 atom stereocenters. The van der Waals surface area contributed by atoms with Crippen LogP contribution in [0.25, 0.3) is 20.8 Å². The monoisotopic (exact) mass is 449 g/mol. The predicted octanol–water partition coefficient (Wildman–Crippen LogP) is 5.34. The van der Waals surface area contributed by atoms with Gasteiger partial charge in [-0.15, -0.1) is 28.1 Å². The first-order valence-corrected chi connectivity index (χ1v) is 11.8. The van der Waals surface area contributed by atoms with E-state index in [4.69, 9.17) is 4.98 Å². The molecule has 1 N–H and O–H groups in total. The summed E-state index contributed by atoms with van der Waals surface area (Å²) in [6, 6.07) is 14.1. The summed E-state index contributed by atoms with van der Waals surface area (Å²) in [5, 5.41) is 13.0. The van der Waals surface area contributed by atoms with E-state index in [1.54, 1.807) is 17.4 Å². The fourth-order valence-electron chi connectivity index (χ4n) is 3.18. The highest BCUT2D eigenvalue weighted by atomic mass is 32.2. The number of carbonyl (C=O) groups excluding carboxylic acids is 1. The van der Waals surface area contributed by atoms with Gasteiger partial charge in [-0.1, -0.05) is 30.8 Å². The van der Waals surface area contributed by atoms with Crippen molar-refractivity contribution in [2.75, 3.05) is 11.1 Å². The molecular formula is C23H23N5OS2. The number of hydrogen-bond donors (Lipinski definition) is 1. The van der Waals surface area contributed by atoms with Gasteiger partial charge in [0.15, 0.2) is 5.16 Å². The quantitative estimate of drug-likeness (QED) is 0.290. The Bertz CT molecular complexity index is 1230. The molecule has 31 heavy (non-hydrogen) atoms. The Labute approximate surface area is 189 Å². The summed E-state index contributed by atoms with van der Waals surface area (Å²) in [6.45, 7) is 8.53. The molecule has 0 saturated heterocycles. The number of allylic oxidation sites excluding steroid dienone is 1. The molecule has 0 radical (unpaired) electrons. The summed E-state index contributed by atoms with van der Waals surface area (Å²) in [5.74, 6) is 1.07. The highest BCUT2D eigenvalue weighted by Gasteiger charge is 2.13. The second kappa shape index (κ2) is 9.45. The van der Waals surface area contributed by atoms with Gasteiger partial charge in [0, 0.05) is 24.2 Å². The second-order valence-corrected chi connectivity index (χ2v) is 9.03. The van der Waals surface area contributed by atoms with Crippen LogP contribution in [0.1, 0.15) is 18.3 Å². The van der Waals surface area contributed by atoms with Crippen molar-refractivity contribution in [1.82, 2.24) is 19.7 Å². The number of carbonyl (C=O) groups is 1. The van der Waals surface area contributed by atoms with Crippen LogP contribution >= 0.6 is 23.1 Å². The van der Waals surface area contributed by atoms with Crippen LogP contribution in [-0.4, -0.2) is 31.4 Å². The van der Waals surface area contributed by atoms with Gasteiger partial charge in [0.05, 0.1) is 16.0 Å². The molecule has 0 aliphatic rings. The molecule has 4 rings (SSSR count). The molecule has 2 aromatic carbocycles. The van der Waals surface area contributed by atoms with Crippen LogP contribution in [0.4, 0.5) is 5.69 Å². The largest absolute Gasteiger partial charge is 0.325 e. The van der Waals surface area contributed by atoms with Crippen LogP contribution in [-0.2, 0) is 17.8 Å². The minimum absolute atomic E-state index is 0.0839. The SMILES string of the molecule is C=CCn1c(CC)nnc1SCC(=O)Nc1ccc(-c2nc3ccc(C)cc3s2)cc1. The lowest BCUT2D eigenvalue weighted by Gasteiger charge is -2.07. The Kier molecular flexibility index (Phi) is 6.48. The highest BCUT2D eigenvalue weighted by Crippen LogP contribution is 2.31. The first-order chi connectivity index (χ1) is 15.1. The van der Waals surface area contributed by atoms with Crippen LogP contribution in [0.5, 0.6) is 0 Å². The maximum Gasteiger partial charge on any atom is 0.234 e. The summed E-state index contributed by atoms with van der Waals surface area (Å²) in [4.78, 5) is 17.1. The van der Waals surface area contributed by atoms with E-state index in [1.807, 2.05) is 35.8 Å². The molecule has 0 aliphatic heterocycles. The number of nitrogens with one attached hydrogen (secondary N) is 1. The number of fused-ring (bicyclic) bond motifs is 1. The third kappa shape index (κ3) is 4.86. The Balaban J connectivity index is 1.39. The number of hydrogen-bond acceptors (Lipinski definition) is 6. The number of nitrogens with zero attached hydrogens (tertiary/aromatic N) is 4. The van der Waals surface area contributed by atoms with Crippen molar-refractivity contribution in [3.8, 4) is 10.6 Å². The molecule has 0 unspecified atom stereocenters. The summed E-state index contributed by atoms with van der Waals surface area (Å²) in [5.41, 5.74) is 4.03. The molecule has 0 aliphatic carbocycles. The van der Waals surface area contributed by atoms with Gasteiger partial charge in [-0.3, -0.25) is 4.79 Å². The Morgan fingerprint density at radius 2 is 2.03 bits per heavy atom. The van der Waals surface area contributed by atoms with Gasteiger partial charge in [-0.05, 0) is 48.9 Å². The fraction of sp³-hybridized carbons (Fsp3) is 0.217. The molecule has 0 fully saturated rings. The van der Waals surface area contributed by atoms with Crippen LogP contribution in [0.3, 0.4) is 0 Å². The molecule has 0 spiro atoms. The zero-order valence-electron chi connectivity index (χ0n) is 17.5. The van der Waals surface area contributed by atoms with E-state index in [2.05, 4.69) is 47.2 Å². The van der Waals surface area contributed by atoms with Gasteiger partial charge >= 0.3 is 0 Å². The van der Waals surface area contributed by atoms with Gasteiger partial charge < -0.3 is 9.88 Å². The standard InChI is InChI=1S/C23H23N5OS2/c1-4-12-28-20(5-2)26-27-23(28)30-14-21(29)24-17-9-7-16(8-10-17)22-25-18-11-6-15(3)13-19(18)31-22/h4,6-11,13H,1,5,12,14H2,2-3H3,(H,24,29). The van der Waals surface area contributed by atoms with Gasteiger partial charge in [-0.25, -0.2) is 4.98 Å². The third-order valence-corrected chi connectivity index (χ3v) is 6.75. The smallest absolute Gasteiger partial charge is 0.234 e. The van der Waals surface area contributed by atoms with Crippen molar-refractivity contribution in [2.45, 2.75) is 32.0 Å². The van der Waals surface area contributed by atoms with E-state index in [0.29, 0.717) is 6.54 Å². The van der Waals surface area contributed by atoms with Crippen molar-refractivity contribution < 1.29 is 4.79 Å². The number of aromatic nitrogens is 4. The highest BCUT2D eigenvalue weighted by molar-refractivity contribution is 7.99. The minimum Gasteiger partial charge on any atom is -0.325 e. The average molecular weight is 450 g/mol. The Hall–Kier alpha value is -2.97. The van der Waals surface area contributed by atoms with Crippen LogP contribution in [0.15, 0.2) is 60.3 Å². The lowest BCUT2D eigenvalue weighted by Crippen LogP contribution is -2.14. The van der Waals surface area contributed by atoms with E-state index >= 15 is 0 Å².